The van der Waals surface area contributed by atoms with Crippen molar-refractivity contribution in [1.29, 1.82) is 0 Å². The van der Waals surface area contributed by atoms with Crippen molar-refractivity contribution in [2.45, 2.75) is 45.3 Å². The number of esters is 1. The molecule has 1 N–H and O–H groups in total. The van der Waals surface area contributed by atoms with Gasteiger partial charge in [-0.1, -0.05) is 48.5 Å². The quantitative estimate of drug-likeness (QED) is 0.334. The Labute approximate surface area is 234 Å². The number of allylic oxidation sites excluding steroid dienone is 3. The van der Waals surface area contributed by atoms with E-state index in [1.807, 2.05) is 79.7 Å². The zero-order valence-corrected chi connectivity index (χ0v) is 23.0. The monoisotopic (exact) mass is 539 g/mol. The second-order valence-corrected chi connectivity index (χ2v) is 9.87. The Hall–Kier alpha value is -4.52. The van der Waals surface area contributed by atoms with E-state index < -0.39 is 11.9 Å². The summed E-state index contributed by atoms with van der Waals surface area (Å²) in [5, 5.41) is 3.34. The summed E-state index contributed by atoms with van der Waals surface area (Å²) in [6.45, 7) is 2.34. The van der Waals surface area contributed by atoms with Gasteiger partial charge in [0.2, 0.25) is 0 Å². The van der Waals surface area contributed by atoms with Crippen LogP contribution in [0.15, 0.2) is 95.3 Å². The highest BCUT2D eigenvalue weighted by Gasteiger charge is 2.39. The number of hydrogen-bond acceptors (Lipinski definition) is 7. The molecule has 0 radical (unpaired) electrons. The highest BCUT2D eigenvalue weighted by molar-refractivity contribution is 6.03. The number of hydrogen-bond donors (Lipinski definition) is 1. The van der Waals surface area contributed by atoms with Crippen molar-refractivity contribution in [3.8, 4) is 17.2 Å². The topological polar surface area (TPSA) is 83.1 Å². The fourth-order valence-electron chi connectivity index (χ4n) is 5.25. The molecule has 40 heavy (non-hydrogen) atoms. The maximum Gasteiger partial charge on any atom is 0.337 e. The molecule has 5 rings (SSSR count). The van der Waals surface area contributed by atoms with Crippen LogP contribution in [-0.4, -0.2) is 26.0 Å². The predicted molar refractivity (Wildman–Crippen MR) is 151 cm³/mol. The molecule has 7 heteroatoms. The predicted octanol–water partition coefficient (Wildman–Crippen LogP) is 5.99. The molecule has 0 aromatic heterocycles. The third-order valence-electron chi connectivity index (χ3n) is 7.28. The third kappa shape index (κ3) is 5.73. The van der Waals surface area contributed by atoms with Crippen LogP contribution in [0.5, 0.6) is 17.2 Å². The first kappa shape index (κ1) is 27.1. The Morgan fingerprint density at radius 3 is 2.35 bits per heavy atom. The Kier molecular flexibility index (Phi) is 8.20. The Morgan fingerprint density at radius 2 is 1.62 bits per heavy atom. The Bertz CT molecular complexity index is 1460. The van der Waals surface area contributed by atoms with Gasteiger partial charge in [-0.2, -0.15) is 0 Å². The first-order chi connectivity index (χ1) is 19.5. The number of benzene rings is 3. The minimum Gasteiger partial charge on any atom is -0.497 e. The zero-order chi connectivity index (χ0) is 28.1. The minimum absolute atomic E-state index is 0.0371. The number of carbonyl (C=O) groups is 2. The van der Waals surface area contributed by atoms with Gasteiger partial charge in [-0.05, 0) is 60.7 Å². The van der Waals surface area contributed by atoms with E-state index in [-0.39, 0.29) is 12.4 Å². The molecule has 7 nitrogen and oxygen atoms in total. The smallest absolute Gasteiger partial charge is 0.337 e. The summed E-state index contributed by atoms with van der Waals surface area (Å²) < 4.78 is 22.7. The number of carbonyl (C=O) groups excluding carboxylic acids is 2. The number of nitrogens with one attached hydrogen (secondary N) is 1. The first-order valence-corrected chi connectivity index (χ1v) is 13.4. The van der Waals surface area contributed by atoms with Crippen LogP contribution in [-0.2, 0) is 27.5 Å². The van der Waals surface area contributed by atoms with E-state index in [1.54, 1.807) is 14.2 Å². The van der Waals surface area contributed by atoms with Crippen molar-refractivity contribution in [1.82, 2.24) is 5.32 Å². The summed E-state index contributed by atoms with van der Waals surface area (Å²) in [6, 6.07) is 22.8. The van der Waals surface area contributed by atoms with E-state index >= 15 is 0 Å². The molecule has 0 fully saturated rings. The van der Waals surface area contributed by atoms with Crippen molar-refractivity contribution < 1.29 is 28.5 Å². The van der Waals surface area contributed by atoms with Crippen LogP contribution >= 0.6 is 0 Å². The van der Waals surface area contributed by atoms with Crippen LogP contribution in [0.4, 0.5) is 0 Å². The SMILES string of the molecule is COc1ccc(COC(=O)C2=C(C)NC3=C(C(=O)CCC3)C2c2ccc(OCc3ccccc3)c(OC)c2)cc1. The van der Waals surface area contributed by atoms with Crippen molar-refractivity contribution in [3.63, 3.8) is 0 Å². The molecule has 0 spiro atoms. The fraction of sp³-hybridized carbons (Fsp3) is 0.273. The Morgan fingerprint density at radius 1 is 0.875 bits per heavy atom. The van der Waals surface area contributed by atoms with Gasteiger partial charge in [-0.25, -0.2) is 4.79 Å². The molecule has 0 saturated heterocycles. The number of ketones is 1. The van der Waals surface area contributed by atoms with Crippen molar-refractivity contribution in [3.05, 3.63) is 112 Å². The lowest BCUT2D eigenvalue weighted by Gasteiger charge is -2.34. The summed E-state index contributed by atoms with van der Waals surface area (Å²) in [6.07, 6.45) is 1.97. The summed E-state index contributed by atoms with van der Waals surface area (Å²) >= 11 is 0. The van der Waals surface area contributed by atoms with Crippen molar-refractivity contribution >= 4 is 11.8 Å². The molecular formula is C33H33NO6. The summed E-state index contributed by atoms with van der Waals surface area (Å²) in [4.78, 5) is 26.9. The van der Waals surface area contributed by atoms with Gasteiger partial charge in [0.1, 0.15) is 19.0 Å². The molecule has 0 bridgehead atoms. The van der Waals surface area contributed by atoms with Gasteiger partial charge in [0, 0.05) is 29.3 Å². The van der Waals surface area contributed by atoms with Crippen LogP contribution in [0.2, 0.25) is 0 Å². The van der Waals surface area contributed by atoms with E-state index in [0.717, 1.165) is 41.0 Å². The molecule has 2 aliphatic rings. The van der Waals surface area contributed by atoms with Crippen LogP contribution in [0.25, 0.3) is 0 Å². The van der Waals surface area contributed by atoms with Gasteiger partial charge in [-0.15, -0.1) is 0 Å². The van der Waals surface area contributed by atoms with Gasteiger partial charge in [0.25, 0.3) is 0 Å². The maximum absolute atomic E-state index is 13.6. The van der Waals surface area contributed by atoms with Crippen molar-refractivity contribution in [2.75, 3.05) is 14.2 Å². The standard InChI is InChI=1S/C33H33NO6/c1-21-30(33(36)40-20-23-12-15-25(37-2)16-13-23)31(32-26(34-21)10-7-11-27(32)35)24-14-17-28(29(18-24)38-3)39-19-22-8-5-4-6-9-22/h4-6,8-9,12-18,31,34H,7,10-11,19-20H2,1-3H3. The molecule has 1 heterocycles. The van der Waals surface area contributed by atoms with E-state index in [1.165, 1.54) is 0 Å². The zero-order valence-electron chi connectivity index (χ0n) is 23.0. The van der Waals surface area contributed by atoms with E-state index in [0.29, 0.717) is 41.4 Å². The lowest BCUT2D eigenvalue weighted by atomic mass is 9.75. The third-order valence-corrected chi connectivity index (χ3v) is 7.28. The molecule has 3 aromatic carbocycles. The van der Waals surface area contributed by atoms with Crippen LogP contribution in [0.1, 0.15) is 48.8 Å². The van der Waals surface area contributed by atoms with Crippen molar-refractivity contribution in [2.24, 2.45) is 0 Å². The largest absolute Gasteiger partial charge is 0.497 e. The average Bonchev–Trinajstić information content (AvgIpc) is 2.99. The van der Waals surface area contributed by atoms with E-state index in [9.17, 15) is 9.59 Å². The Balaban J connectivity index is 1.45. The molecule has 1 atom stereocenters. The molecule has 0 saturated carbocycles. The molecule has 1 aliphatic heterocycles. The molecule has 206 valence electrons. The molecule has 0 amide bonds. The van der Waals surface area contributed by atoms with Gasteiger partial charge < -0.3 is 24.3 Å². The fourth-order valence-corrected chi connectivity index (χ4v) is 5.25. The number of dihydropyridines is 1. The van der Waals surface area contributed by atoms with Crippen LogP contribution in [0, 0.1) is 0 Å². The van der Waals surface area contributed by atoms with Gasteiger partial charge in [-0.3, -0.25) is 4.79 Å². The summed E-state index contributed by atoms with van der Waals surface area (Å²) in [5.74, 6) is 0.822. The summed E-state index contributed by atoms with van der Waals surface area (Å²) in [5.41, 5.74) is 5.23. The highest BCUT2D eigenvalue weighted by atomic mass is 16.5. The van der Waals surface area contributed by atoms with E-state index in [2.05, 4.69) is 5.32 Å². The first-order valence-electron chi connectivity index (χ1n) is 13.4. The minimum atomic E-state index is -0.579. The van der Waals surface area contributed by atoms with Crippen LogP contribution < -0.4 is 19.5 Å². The number of ether oxygens (including phenoxy) is 4. The van der Waals surface area contributed by atoms with E-state index in [4.69, 9.17) is 18.9 Å². The number of rotatable bonds is 9. The second-order valence-electron chi connectivity index (χ2n) is 9.87. The lowest BCUT2D eigenvalue weighted by Crippen LogP contribution is -2.34. The molecule has 1 unspecified atom stereocenters. The maximum atomic E-state index is 13.6. The van der Waals surface area contributed by atoms with Gasteiger partial charge >= 0.3 is 5.97 Å². The average molecular weight is 540 g/mol. The van der Waals surface area contributed by atoms with Crippen LogP contribution in [0.3, 0.4) is 0 Å². The lowest BCUT2D eigenvalue weighted by molar-refractivity contribution is -0.140. The molecule has 3 aromatic rings. The normalized spacial score (nSPS) is 16.7. The second kappa shape index (κ2) is 12.1. The number of Topliss-reactive ketones (excluding diaryl/α,β-unsaturated/α-hetero) is 1. The number of methoxy groups -OCH3 is 2. The molecular weight excluding hydrogens is 506 g/mol. The summed E-state index contributed by atoms with van der Waals surface area (Å²) in [7, 11) is 3.19. The highest BCUT2D eigenvalue weighted by Crippen LogP contribution is 2.44. The van der Waals surface area contributed by atoms with Gasteiger partial charge in [0.05, 0.1) is 19.8 Å². The van der Waals surface area contributed by atoms with Gasteiger partial charge in [0.15, 0.2) is 17.3 Å². The molecule has 1 aliphatic carbocycles.